The van der Waals surface area contributed by atoms with Gasteiger partial charge in [-0.2, -0.15) is 0 Å². The van der Waals surface area contributed by atoms with E-state index in [1.807, 2.05) is 0 Å². The van der Waals surface area contributed by atoms with E-state index in [9.17, 15) is 9.59 Å². The SMILES string of the molecule is CN(C[C@@H]1Cc2ccccc2CN1C)C(=O)c1c[nH]c(=O)c(Cl)c1. The van der Waals surface area contributed by atoms with Gasteiger partial charge in [-0.3, -0.25) is 14.5 Å². The molecule has 0 spiro atoms. The normalized spacial score (nSPS) is 17.4. The lowest BCUT2D eigenvalue weighted by atomic mass is 9.94. The molecule has 1 N–H and O–H groups in total. The van der Waals surface area contributed by atoms with Crippen molar-refractivity contribution in [3.05, 3.63) is 68.6 Å². The third kappa shape index (κ3) is 3.37. The second kappa shape index (κ2) is 6.79. The van der Waals surface area contributed by atoms with Gasteiger partial charge < -0.3 is 9.88 Å². The van der Waals surface area contributed by atoms with Gasteiger partial charge in [-0.1, -0.05) is 35.9 Å². The first-order valence-electron chi connectivity index (χ1n) is 7.86. The number of nitrogens with zero attached hydrogens (tertiary/aromatic N) is 2. The third-order valence-electron chi connectivity index (χ3n) is 4.55. The van der Waals surface area contributed by atoms with Crippen LogP contribution in [0.15, 0.2) is 41.3 Å². The maximum atomic E-state index is 12.6. The topological polar surface area (TPSA) is 56.4 Å². The second-order valence-electron chi connectivity index (χ2n) is 6.29. The van der Waals surface area contributed by atoms with Gasteiger partial charge in [-0.15, -0.1) is 0 Å². The van der Waals surface area contributed by atoms with E-state index in [0.717, 1.165) is 13.0 Å². The molecule has 1 aliphatic rings. The lowest BCUT2D eigenvalue weighted by Gasteiger charge is -2.36. The lowest BCUT2D eigenvalue weighted by molar-refractivity contribution is 0.0733. The smallest absolute Gasteiger partial charge is 0.266 e. The van der Waals surface area contributed by atoms with Gasteiger partial charge in [0.2, 0.25) is 0 Å². The average Bonchev–Trinajstić information content (AvgIpc) is 2.57. The van der Waals surface area contributed by atoms with Gasteiger partial charge in [0.15, 0.2) is 0 Å². The molecule has 1 aromatic heterocycles. The van der Waals surface area contributed by atoms with Gasteiger partial charge in [0, 0.05) is 32.4 Å². The molecule has 0 saturated heterocycles. The van der Waals surface area contributed by atoms with Crippen molar-refractivity contribution in [2.45, 2.75) is 19.0 Å². The predicted octanol–water partition coefficient (Wildman–Crippen LogP) is 2.16. The first kappa shape index (κ1) is 16.7. The van der Waals surface area contributed by atoms with Crippen LogP contribution in [0.1, 0.15) is 21.5 Å². The van der Waals surface area contributed by atoms with Crippen LogP contribution in [0.4, 0.5) is 0 Å². The molecule has 0 bridgehead atoms. The summed E-state index contributed by atoms with van der Waals surface area (Å²) in [6, 6.07) is 10.1. The zero-order chi connectivity index (χ0) is 17.3. The number of pyridine rings is 1. The summed E-state index contributed by atoms with van der Waals surface area (Å²) in [5.74, 6) is -0.152. The van der Waals surface area contributed by atoms with Crippen molar-refractivity contribution >= 4 is 17.5 Å². The number of rotatable bonds is 3. The van der Waals surface area contributed by atoms with E-state index >= 15 is 0 Å². The van der Waals surface area contributed by atoms with Crippen LogP contribution in [0.5, 0.6) is 0 Å². The van der Waals surface area contributed by atoms with E-state index in [-0.39, 0.29) is 22.5 Å². The highest BCUT2D eigenvalue weighted by molar-refractivity contribution is 6.30. The number of aromatic amines is 1. The van der Waals surface area contributed by atoms with Crippen molar-refractivity contribution in [2.24, 2.45) is 0 Å². The van der Waals surface area contributed by atoms with Gasteiger partial charge in [-0.05, 0) is 30.7 Å². The fraction of sp³-hybridized carbons (Fsp3) is 0.333. The summed E-state index contributed by atoms with van der Waals surface area (Å²) in [4.78, 5) is 30.3. The highest BCUT2D eigenvalue weighted by Crippen LogP contribution is 2.22. The number of likely N-dealkylation sites (N-methyl/N-ethyl adjacent to an activating group) is 2. The second-order valence-corrected chi connectivity index (χ2v) is 6.70. The van der Waals surface area contributed by atoms with Gasteiger partial charge in [-0.25, -0.2) is 0 Å². The minimum absolute atomic E-state index is 0.0259. The van der Waals surface area contributed by atoms with E-state index < -0.39 is 0 Å². The summed E-state index contributed by atoms with van der Waals surface area (Å²) in [5, 5.41) is 0.0259. The number of H-pyrrole nitrogens is 1. The van der Waals surface area contributed by atoms with Gasteiger partial charge >= 0.3 is 0 Å². The Hall–Kier alpha value is -2.11. The Morgan fingerprint density at radius 3 is 2.79 bits per heavy atom. The molecule has 0 radical (unpaired) electrons. The molecular formula is C18H20ClN3O2. The minimum atomic E-state index is -0.389. The van der Waals surface area contributed by atoms with Gasteiger partial charge in [0.25, 0.3) is 11.5 Å². The van der Waals surface area contributed by atoms with Crippen molar-refractivity contribution in [2.75, 3.05) is 20.6 Å². The average molecular weight is 346 g/mol. The molecule has 0 fully saturated rings. The molecule has 6 heteroatoms. The number of aromatic nitrogens is 1. The maximum Gasteiger partial charge on any atom is 0.266 e. The van der Waals surface area contributed by atoms with Crippen LogP contribution in [-0.4, -0.2) is 47.4 Å². The molecule has 1 aliphatic heterocycles. The summed E-state index contributed by atoms with van der Waals surface area (Å²) >= 11 is 5.81. The molecule has 24 heavy (non-hydrogen) atoms. The number of hydrogen-bond acceptors (Lipinski definition) is 3. The fourth-order valence-corrected chi connectivity index (χ4v) is 3.29. The molecule has 3 rings (SSSR count). The molecule has 0 saturated carbocycles. The number of amides is 1. The van der Waals surface area contributed by atoms with E-state index in [1.165, 1.54) is 23.4 Å². The van der Waals surface area contributed by atoms with Gasteiger partial charge in [0.1, 0.15) is 5.02 Å². The molecule has 126 valence electrons. The number of benzene rings is 1. The van der Waals surface area contributed by atoms with E-state index in [2.05, 4.69) is 41.2 Å². The Labute approximate surface area is 145 Å². The molecule has 1 aromatic carbocycles. The summed E-state index contributed by atoms with van der Waals surface area (Å²) in [7, 11) is 3.85. The van der Waals surface area contributed by atoms with Crippen LogP contribution in [0.3, 0.4) is 0 Å². The van der Waals surface area contributed by atoms with Crippen molar-refractivity contribution < 1.29 is 4.79 Å². The Kier molecular flexibility index (Phi) is 4.73. The summed E-state index contributed by atoms with van der Waals surface area (Å²) < 4.78 is 0. The fourth-order valence-electron chi connectivity index (χ4n) is 3.12. The minimum Gasteiger partial charge on any atom is -0.340 e. The first-order chi connectivity index (χ1) is 11.5. The zero-order valence-corrected chi connectivity index (χ0v) is 14.5. The van der Waals surface area contributed by atoms with E-state index in [4.69, 9.17) is 11.6 Å². The van der Waals surface area contributed by atoms with E-state index in [1.54, 1.807) is 11.9 Å². The standard InChI is InChI=1S/C18H20ClN3O2/c1-21-10-13-6-4-3-5-12(13)7-15(21)11-22(2)18(24)14-8-16(19)17(23)20-9-14/h3-6,8-9,15H,7,10-11H2,1-2H3,(H,20,23)/t15-/m0/s1. The molecule has 0 aliphatic carbocycles. The Morgan fingerprint density at radius 1 is 1.38 bits per heavy atom. The molecule has 1 atom stereocenters. The van der Waals surface area contributed by atoms with Crippen molar-refractivity contribution in [3.8, 4) is 0 Å². The van der Waals surface area contributed by atoms with Crippen LogP contribution >= 0.6 is 11.6 Å². The maximum absolute atomic E-state index is 12.6. The van der Waals surface area contributed by atoms with Crippen molar-refractivity contribution in [3.63, 3.8) is 0 Å². The van der Waals surface area contributed by atoms with Crippen LogP contribution in [-0.2, 0) is 13.0 Å². The van der Waals surface area contributed by atoms with Crippen molar-refractivity contribution in [1.82, 2.24) is 14.8 Å². The number of nitrogens with one attached hydrogen (secondary N) is 1. The molecular weight excluding hydrogens is 326 g/mol. The first-order valence-corrected chi connectivity index (χ1v) is 8.24. The summed E-state index contributed by atoms with van der Waals surface area (Å²) in [6.45, 7) is 1.49. The number of carbonyl (C=O) groups is 1. The van der Waals surface area contributed by atoms with Crippen LogP contribution in [0, 0.1) is 0 Å². The highest BCUT2D eigenvalue weighted by atomic mass is 35.5. The van der Waals surface area contributed by atoms with E-state index in [0.29, 0.717) is 12.1 Å². The number of fused-ring (bicyclic) bond motifs is 1. The Morgan fingerprint density at radius 2 is 2.08 bits per heavy atom. The predicted molar refractivity (Wildman–Crippen MR) is 94.4 cm³/mol. The summed E-state index contributed by atoms with van der Waals surface area (Å²) in [6.07, 6.45) is 2.32. The quantitative estimate of drug-likeness (QED) is 0.927. The van der Waals surface area contributed by atoms with Crippen LogP contribution in [0.25, 0.3) is 0 Å². The molecule has 2 heterocycles. The lowest BCUT2D eigenvalue weighted by Crippen LogP contribution is -2.46. The monoisotopic (exact) mass is 345 g/mol. The van der Waals surface area contributed by atoms with Crippen molar-refractivity contribution in [1.29, 1.82) is 0 Å². The zero-order valence-electron chi connectivity index (χ0n) is 13.8. The number of carbonyl (C=O) groups excluding carboxylic acids is 1. The Balaban J connectivity index is 1.72. The van der Waals surface area contributed by atoms with Crippen LogP contribution < -0.4 is 5.56 Å². The highest BCUT2D eigenvalue weighted by Gasteiger charge is 2.26. The molecule has 0 unspecified atom stereocenters. The molecule has 5 nitrogen and oxygen atoms in total. The Bertz CT molecular complexity index is 818. The van der Waals surface area contributed by atoms with Gasteiger partial charge in [0.05, 0.1) is 5.56 Å². The summed E-state index contributed by atoms with van der Waals surface area (Å²) in [5.41, 5.74) is 2.69. The number of halogens is 1. The number of hydrogen-bond donors (Lipinski definition) is 1. The van der Waals surface area contributed by atoms with Crippen LogP contribution in [0.2, 0.25) is 5.02 Å². The third-order valence-corrected chi connectivity index (χ3v) is 4.83. The largest absolute Gasteiger partial charge is 0.340 e. The molecule has 2 aromatic rings. The molecule has 1 amide bonds.